The lowest BCUT2D eigenvalue weighted by molar-refractivity contribution is -0.385. The van der Waals surface area contributed by atoms with Crippen molar-refractivity contribution in [3.8, 4) is 11.8 Å². The Morgan fingerprint density at radius 2 is 2.35 bits per heavy atom. The molecule has 0 bridgehead atoms. The maximum Gasteiger partial charge on any atom is 0.285 e. The number of anilines is 1. The molecule has 7 nitrogen and oxygen atoms in total. The van der Waals surface area contributed by atoms with E-state index in [9.17, 15) is 10.1 Å². The summed E-state index contributed by atoms with van der Waals surface area (Å²) in [6.07, 6.45) is 0.343. The van der Waals surface area contributed by atoms with Gasteiger partial charge in [0.15, 0.2) is 0 Å². The molecule has 0 aromatic heterocycles. The average molecular weight is 231 g/mol. The van der Waals surface area contributed by atoms with Crippen molar-refractivity contribution in [3.63, 3.8) is 0 Å². The summed E-state index contributed by atoms with van der Waals surface area (Å²) in [4.78, 5) is 12.8. The molecule has 7 heteroatoms. The molecule has 1 rings (SSSR count). The van der Waals surface area contributed by atoms with Gasteiger partial charge in [-0.1, -0.05) is 17.0 Å². The summed E-state index contributed by atoms with van der Waals surface area (Å²) >= 11 is 0. The van der Waals surface area contributed by atoms with Crippen molar-refractivity contribution in [1.29, 1.82) is 0 Å². The molecule has 17 heavy (non-hydrogen) atoms. The third-order valence-corrected chi connectivity index (χ3v) is 1.84. The molecule has 0 atom stereocenters. The molecular weight excluding hydrogens is 222 g/mol. The standard InChI is InChI=1S/C10H9N5O2/c11-9-4-5-10(15(16)17)8(7-9)3-1-2-6-13-14-12/h4-5,7H,2,6,11H2. The molecular formula is C10H9N5O2. The highest BCUT2D eigenvalue weighted by atomic mass is 16.6. The number of hydrogen-bond acceptors (Lipinski definition) is 4. The molecule has 0 unspecified atom stereocenters. The maximum absolute atomic E-state index is 10.7. The van der Waals surface area contributed by atoms with E-state index in [1.54, 1.807) is 0 Å². The van der Waals surface area contributed by atoms with E-state index in [4.69, 9.17) is 11.3 Å². The highest BCUT2D eigenvalue weighted by Crippen LogP contribution is 2.19. The summed E-state index contributed by atoms with van der Waals surface area (Å²) in [5.41, 5.74) is 14.1. The summed E-state index contributed by atoms with van der Waals surface area (Å²) in [6, 6.07) is 4.20. The molecule has 0 saturated heterocycles. The van der Waals surface area contributed by atoms with E-state index < -0.39 is 4.92 Å². The van der Waals surface area contributed by atoms with Crippen LogP contribution in [-0.2, 0) is 0 Å². The van der Waals surface area contributed by atoms with Gasteiger partial charge in [-0.3, -0.25) is 10.1 Å². The highest BCUT2D eigenvalue weighted by Gasteiger charge is 2.11. The minimum atomic E-state index is -0.517. The molecule has 0 aliphatic carbocycles. The number of nitro benzene ring substituents is 1. The minimum Gasteiger partial charge on any atom is -0.399 e. The molecule has 0 heterocycles. The molecule has 0 aliphatic heterocycles. The van der Waals surface area contributed by atoms with Gasteiger partial charge in [0.05, 0.1) is 4.92 Å². The fourth-order valence-corrected chi connectivity index (χ4v) is 1.12. The van der Waals surface area contributed by atoms with Gasteiger partial charge in [0.25, 0.3) is 5.69 Å². The van der Waals surface area contributed by atoms with Gasteiger partial charge in [0.2, 0.25) is 0 Å². The zero-order chi connectivity index (χ0) is 12.7. The SMILES string of the molecule is [N-]=[N+]=NCCC#Cc1cc(N)ccc1[N+](=O)[O-]. The molecule has 0 spiro atoms. The first-order chi connectivity index (χ1) is 8.15. The van der Waals surface area contributed by atoms with Crippen molar-refractivity contribution in [2.75, 3.05) is 12.3 Å². The van der Waals surface area contributed by atoms with E-state index in [-0.39, 0.29) is 17.8 Å². The fraction of sp³-hybridized carbons (Fsp3) is 0.200. The molecule has 86 valence electrons. The van der Waals surface area contributed by atoms with Crippen molar-refractivity contribution < 1.29 is 4.92 Å². The van der Waals surface area contributed by atoms with Crippen LogP contribution in [0.1, 0.15) is 12.0 Å². The van der Waals surface area contributed by atoms with Crippen LogP contribution < -0.4 is 5.73 Å². The number of rotatable bonds is 3. The van der Waals surface area contributed by atoms with E-state index in [2.05, 4.69) is 21.9 Å². The number of nitro groups is 1. The summed E-state index contributed by atoms with van der Waals surface area (Å²) in [6.45, 7) is 0.236. The quantitative estimate of drug-likeness (QED) is 0.125. The van der Waals surface area contributed by atoms with Crippen LogP contribution in [-0.4, -0.2) is 11.5 Å². The number of nitrogens with zero attached hydrogens (tertiary/aromatic N) is 4. The lowest BCUT2D eigenvalue weighted by atomic mass is 10.1. The van der Waals surface area contributed by atoms with Crippen LogP contribution in [0.3, 0.4) is 0 Å². The Labute approximate surface area is 97.0 Å². The smallest absolute Gasteiger partial charge is 0.285 e. The molecule has 0 amide bonds. The van der Waals surface area contributed by atoms with Gasteiger partial charge >= 0.3 is 0 Å². The summed E-state index contributed by atoms with van der Waals surface area (Å²) in [5, 5.41) is 14.0. The van der Waals surface area contributed by atoms with Crippen LogP contribution in [0.25, 0.3) is 10.4 Å². The molecule has 1 aromatic carbocycles. The van der Waals surface area contributed by atoms with Crippen molar-refractivity contribution in [2.24, 2.45) is 5.11 Å². The third-order valence-electron chi connectivity index (χ3n) is 1.84. The van der Waals surface area contributed by atoms with Crippen LogP contribution in [0.4, 0.5) is 11.4 Å². The van der Waals surface area contributed by atoms with Gasteiger partial charge in [-0.15, -0.1) is 0 Å². The first kappa shape index (κ1) is 12.4. The van der Waals surface area contributed by atoms with Gasteiger partial charge in [-0.25, -0.2) is 0 Å². The first-order valence-corrected chi connectivity index (χ1v) is 4.69. The first-order valence-electron chi connectivity index (χ1n) is 4.69. The highest BCUT2D eigenvalue weighted by molar-refractivity contribution is 5.58. The Morgan fingerprint density at radius 3 is 3.00 bits per heavy atom. The Balaban J connectivity index is 2.91. The Morgan fingerprint density at radius 1 is 1.59 bits per heavy atom. The largest absolute Gasteiger partial charge is 0.399 e. The van der Waals surface area contributed by atoms with Crippen LogP contribution in [0.5, 0.6) is 0 Å². The second kappa shape index (κ2) is 6.00. The molecule has 1 aromatic rings. The predicted molar refractivity (Wildman–Crippen MR) is 63.0 cm³/mol. The second-order valence-corrected chi connectivity index (χ2v) is 3.04. The van der Waals surface area contributed by atoms with Gasteiger partial charge in [0, 0.05) is 29.6 Å². The predicted octanol–water partition coefficient (Wildman–Crippen LogP) is 2.23. The number of hydrogen-bond donors (Lipinski definition) is 1. The van der Waals surface area contributed by atoms with Crippen LogP contribution in [0.15, 0.2) is 23.3 Å². The Kier molecular flexibility index (Phi) is 4.36. The molecule has 0 saturated carbocycles. The van der Waals surface area contributed by atoms with E-state index in [1.165, 1.54) is 18.2 Å². The van der Waals surface area contributed by atoms with Crippen LogP contribution in [0, 0.1) is 22.0 Å². The lowest BCUT2D eigenvalue weighted by Crippen LogP contribution is -1.94. The van der Waals surface area contributed by atoms with Gasteiger partial charge in [-0.2, -0.15) is 0 Å². The van der Waals surface area contributed by atoms with Crippen molar-refractivity contribution >= 4 is 11.4 Å². The second-order valence-electron chi connectivity index (χ2n) is 3.04. The zero-order valence-electron chi connectivity index (χ0n) is 8.83. The van der Waals surface area contributed by atoms with Crippen LogP contribution in [0.2, 0.25) is 0 Å². The number of azide groups is 1. The number of nitrogen functional groups attached to an aromatic ring is 1. The Hall–Kier alpha value is -2.71. The lowest BCUT2D eigenvalue weighted by Gasteiger charge is -1.96. The Bertz CT molecular complexity index is 537. The summed E-state index contributed by atoms with van der Waals surface area (Å²) in [7, 11) is 0. The summed E-state index contributed by atoms with van der Waals surface area (Å²) < 4.78 is 0. The third kappa shape index (κ3) is 3.74. The number of nitrogens with two attached hydrogens (primary N) is 1. The van der Waals surface area contributed by atoms with E-state index in [0.717, 1.165) is 0 Å². The van der Waals surface area contributed by atoms with Crippen molar-refractivity contribution in [2.45, 2.75) is 6.42 Å². The van der Waals surface area contributed by atoms with Gasteiger partial charge in [-0.05, 0) is 17.7 Å². The maximum atomic E-state index is 10.7. The molecule has 2 N–H and O–H groups in total. The number of benzene rings is 1. The molecule has 0 fully saturated rings. The molecule has 0 aliphatic rings. The van der Waals surface area contributed by atoms with Crippen molar-refractivity contribution in [1.82, 2.24) is 0 Å². The van der Waals surface area contributed by atoms with Crippen molar-refractivity contribution in [3.05, 3.63) is 44.3 Å². The van der Waals surface area contributed by atoms with E-state index >= 15 is 0 Å². The fourth-order valence-electron chi connectivity index (χ4n) is 1.12. The van der Waals surface area contributed by atoms with Crippen LogP contribution >= 0.6 is 0 Å². The minimum absolute atomic E-state index is 0.0875. The normalized spacial score (nSPS) is 8.71. The van der Waals surface area contributed by atoms with Gasteiger partial charge in [0.1, 0.15) is 5.56 Å². The monoisotopic (exact) mass is 231 g/mol. The average Bonchev–Trinajstić information content (AvgIpc) is 2.28. The molecule has 0 radical (unpaired) electrons. The van der Waals surface area contributed by atoms with Gasteiger partial charge < -0.3 is 5.73 Å². The van der Waals surface area contributed by atoms with E-state index in [0.29, 0.717) is 12.1 Å². The zero-order valence-corrected chi connectivity index (χ0v) is 8.83. The summed E-state index contributed by atoms with van der Waals surface area (Å²) in [5.74, 6) is 5.32. The van der Waals surface area contributed by atoms with E-state index in [1.807, 2.05) is 0 Å². The topological polar surface area (TPSA) is 118 Å².